The standard InChI is InChI=1S/C26H44N4O3/c1-23(31)22-33-26(32)24-16-18-25(19-17-24)28-20-14-12-10-8-6-4-2-3-5-7-9-11-13-15-21-29-30-27/h16-19,23,28,31H,2-15,20-22H2,1H3. The van der Waals surface area contributed by atoms with Gasteiger partial charge in [0.15, 0.2) is 0 Å². The summed E-state index contributed by atoms with van der Waals surface area (Å²) in [6.45, 7) is 3.19. The van der Waals surface area contributed by atoms with Crippen molar-refractivity contribution in [3.05, 3.63) is 40.3 Å². The van der Waals surface area contributed by atoms with Gasteiger partial charge < -0.3 is 15.2 Å². The van der Waals surface area contributed by atoms with Crippen LogP contribution >= 0.6 is 0 Å². The second kappa shape index (κ2) is 20.4. The van der Waals surface area contributed by atoms with Crippen molar-refractivity contribution in [2.45, 2.75) is 103 Å². The second-order valence-corrected chi connectivity index (χ2v) is 8.86. The fraction of sp³-hybridized carbons (Fsp3) is 0.731. The third kappa shape index (κ3) is 17.0. The summed E-state index contributed by atoms with van der Waals surface area (Å²) in [6.07, 6.45) is 17.3. The number of anilines is 1. The average molecular weight is 461 g/mol. The van der Waals surface area contributed by atoms with E-state index in [0.29, 0.717) is 12.1 Å². The van der Waals surface area contributed by atoms with E-state index < -0.39 is 12.1 Å². The van der Waals surface area contributed by atoms with Crippen LogP contribution in [0.15, 0.2) is 29.4 Å². The second-order valence-electron chi connectivity index (χ2n) is 8.86. The number of hydrogen-bond donors (Lipinski definition) is 2. The Morgan fingerprint density at radius 3 is 1.88 bits per heavy atom. The molecule has 0 amide bonds. The maximum absolute atomic E-state index is 11.8. The summed E-state index contributed by atoms with van der Waals surface area (Å²) in [6, 6.07) is 7.29. The molecule has 1 unspecified atom stereocenters. The first kappa shape index (κ1) is 28.8. The first-order chi connectivity index (χ1) is 16.1. The number of rotatable bonds is 21. The molecule has 33 heavy (non-hydrogen) atoms. The first-order valence-electron chi connectivity index (χ1n) is 12.8. The molecule has 1 aromatic carbocycles. The molecule has 0 aliphatic carbocycles. The minimum absolute atomic E-state index is 0.0158. The molecular formula is C26H44N4O3. The fourth-order valence-corrected chi connectivity index (χ4v) is 3.71. The molecule has 2 N–H and O–H groups in total. The normalized spacial score (nSPS) is 11.6. The molecule has 0 spiro atoms. The summed E-state index contributed by atoms with van der Waals surface area (Å²) in [4.78, 5) is 14.6. The van der Waals surface area contributed by atoms with Crippen LogP contribution in [-0.4, -0.2) is 36.9 Å². The zero-order chi connectivity index (χ0) is 24.0. The van der Waals surface area contributed by atoms with Crippen LogP contribution < -0.4 is 5.32 Å². The molecule has 0 bridgehead atoms. The van der Waals surface area contributed by atoms with Gasteiger partial charge in [0.1, 0.15) is 6.61 Å². The summed E-state index contributed by atoms with van der Waals surface area (Å²) in [5.74, 6) is -0.405. The topological polar surface area (TPSA) is 107 Å². The Morgan fingerprint density at radius 2 is 1.39 bits per heavy atom. The largest absolute Gasteiger partial charge is 0.459 e. The molecule has 0 saturated heterocycles. The van der Waals surface area contributed by atoms with E-state index in [2.05, 4.69) is 15.3 Å². The van der Waals surface area contributed by atoms with Crippen LogP contribution in [-0.2, 0) is 4.74 Å². The van der Waals surface area contributed by atoms with Crippen LogP contribution in [0.3, 0.4) is 0 Å². The molecule has 1 atom stereocenters. The molecule has 0 saturated carbocycles. The molecule has 0 radical (unpaired) electrons. The Hall–Kier alpha value is -2.24. The zero-order valence-electron chi connectivity index (χ0n) is 20.5. The molecule has 0 fully saturated rings. The maximum Gasteiger partial charge on any atom is 0.338 e. The highest BCUT2D eigenvalue weighted by Gasteiger charge is 2.08. The first-order valence-corrected chi connectivity index (χ1v) is 12.8. The van der Waals surface area contributed by atoms with Crippen LogP contribution in [0.5, 0.6) is 0 Å². The van der Waals surface area contributed by atoms with Gasteiger partial charge in [-0.3, -0.25) is 0 Å². The van der Waals surface area contributed by atoms with Crippen molar-refractivity contribution in [2.75, 3.05) is 25.0 Å². The predicted octanol–water partition coefficient (Wildman–Crippen LogP) is 7.41. The van der Waals surface area contributed by atoms with E-state index in [-0.39, 0.29) is 6.61 Å². The molecule has 0 aliphatic rings. The predicted molar refractivity (Wildman–Crippen MR) is 136 cm³/mol. The average Bonchev–Trinajstić information content (AvgIpc) is 2.82. The number of carbonyl (C=O) groups is 1. The number of ether oxygens (including phenoxy) is 1. The number of esters is 1. The summed E-state index contributed by atoms with van der Waals surface area (Å²) >= 11 is 0. The lowest BCUT2D eigenvalue weighted by molar-refractivity contribution is 0.0296. The number of hydrogen-bond acceptors (Lipinski definition) is 5. The van der Waals surface area contributed by atoms with Gasteiger partial charge in [-0.1, -0.05) is 82.2 Å². The lowest BCUT2D eigenvalue weighted by Gasteiger charge is -2.09. The van der Waals surface area contributed by atoms with Crippen molar-refractivity contribution in [1.29, 1.82) is 0 Å². The minimum Gasteiger partial charge on any atom is -0.459 e. The SMILES string of the molecule is CC(O)COC(=O)c1ccc(NCCCCCCCCCCCCCCCCN=[N+]=[N-])cc1. The van der Waals surface area contributed by atoms with Gasteiger partial charge in [-0.05, 0) is 49.6 Å². The summed E-state index contributed by atoms with van der Waals surface area (Å²) < 4.78 is 5.01. The van der Waals surface area contributed by atoms with Crippen molar-refractivity contribution in [2.24, 2.45) is 5.11 Å². The van der Waals surface area contributed by atoms with Crippen LogP contribution in [0, 0.1) is 0 Å². The quantitative estimate of drug-likeness (QED) is 0.0654. The number of aliphatic hydroxyl groups is 1. The highest BCUT2D eigenvalue weighted by Crippen LogP contribution is 2.14. The lowest BCUT2D eigenvalue weighted by atomic mass is 10.0. The van der Waals surface area contributed by atoms with Crippen LogP contribution in [0.4, 0.5) is 5.69 Å². The number of nitrogens with zero attached hydrogens (tertiary/aromatic N) is 3. The van der Waals surface area contributed by atoms with E-state index in [1.807, 2.05) is 12.1 Å². The zero-order valence-corrected chi connectivity index (χ0v) is 20.5. The lowest BCUT2D eigenvalue weighted by Crippen LogP contribution is -2.15. The molecule has 0 aromatic heterocycles. The smallest absolute Gasteiger partial charge is 0.338 e. The van der Waals surface area contributed by atoms with Crippen LogP contribution in [0.1, 0.15) is 107 Å². The molecule has 1 rings (SSSR count). The van der Waals surface area contributed by atoms with E-state index in [1.54, 1.807) is 19.1 Å². The van der Waals surface area contributed by atoms with Crippen molar-refractivity contribution >= 4 is 11.7 Å². The van der Waals surface area contributed by atoms with E-state index in [4.69, 9.17) is 10.3 Å². The van der Waals surface area contributed by atoms with Gasteiger partial charge in [0, 0.05) is 23.7 Å². The summed E-state index contributed by atoms with van der Waals surface area (Å²) in [5, 5.41) is 16.1. The van der Waals surface area contributed by atoms with Crippen molar-refractivity contribution in [3.63, 3.8) is 0 Å². The van der Waals surface area contributed by atoms with Crippen molar-refractivity contribution in [3.8, 4) is 0 Å². The number of aliphatic hydroxyl groups excluding tert-OH is 1. The Balaban J connectivity index is 1.87. The molecule has 7 nitrogen and oxygen atoms in total. The van der Waals surface area contributed by atoms with Crippen molar-refractivity contribution in [1.82, 2.24) is 0 Å². The summed E-state index contributed by atoms with van der Waals surface area (Å²) in [5.41, 5.74) is 9.72. The van der Waals surface area contributed by atoms with Gasteiger partial charge >= 0.3 is 5.97 Å². The third-order valence-corrected chi connectivity index (χ3v) is 5.65. The molecule has 7 heteroatoms. The van der Waals surface area contributed by atoms with E-state index in [0.717, 1.165) is 25.1 Å². The fourth-order valence-electron chi connectivity index (χ4n) is 3.71. The maximum atomic E-state index is 11.8. The van der Waals surface area contributed by atoms with Gasteiger partial charge in [0.25, 0.3) is 0 Å². The molecule has 186 valence electrons. The van der Waals surface area contributed by atoms with E-state index >= 15 is 0 Å². The summed E-state index contributed by atoms with van der Waals surface area (Å²) in [7, 11) is 0. The molecule has 0 aliphatic heterocycles. The Labute approximate surface area is 199 Å². The Kier molecular flexibility index (Phi) is 17.8. The van der Waals surface area contributed by atoms with Gasteiger partial charge in [-0.15, -0.1) is 0 Å². The highest BCUT2D eigenvalue weighted by atomic mass is 16.5. The molecule has 1 aromatic rings. The monoisotopic (exact) mass is 460 g/mol. The van der Waals surface area contributed by atoms with Gasteiger partial charge in [-0.25, -0.2) is 4.79 Å². The Morgan fingerprint density at radius 1 is 0.909 bits per heavy atom. The molecule has 0 heterocycles. The number of benzene rings is 1. The number of unbranched alkanes of at least 4 members (excludes halogenated alkanes) is 13. The number of carbonyl (C=O) groups excluding carboxylic acids is 1. The highest BCUT2D eigenvalue weighted by molar-refractivity contribution is 5.89. The van der Waals surface area contributed by atoms with Crippen LogP contribution in [0.25, 0.3) is 10.4 Å². The third-order valence-electron chi connectivity index (χ3n) is 5.65. The number of nitrogens with one attached hydrogen (secondary N) is 1. The van der Waals surface area contributed by atoms with E-state index in [1.165, 1.54) is 77.0 Å². The van der Waals surface area contributed by atoms with Gasteiger partial charge in [0.05, 0.1) is 11.7 Å². The van der Waals surface area contributed by atoms with Gasteiger partial charge in [-0.2, -0.15) is 0 Å². The van der Waals surface area contributed by atoms with E-state index in [9.17, 15) is 9.90 Å². The number of azide groups is 1. The van der Waals surface area contributed by atoms with Crippen molar-refractivity contribution < 1.29 is 14.6 Å². The van der Waals surface area contributed by atoms with Gasteiger partial charge in [0.2, 0.25) is 0 Å². The van der Waals surface area contributed by atoms with Crippen LogP contribution in [0.2, 0.25) is 0 Å². The molecular weight excluding hydrogens is 416 g/mol. The minimum atomic E-state index is -0.649. The Bertz CT molecular complexity index is 658.